The molecule has 0 heterocycles. The van der Waals surface area contributed by atoms with Gasteiger partial charge in [-0.2, -0.15) is 4.81 Å². The van der Waals surface area contributed by atoms with E-state index in [2.05, 4.69) is 9.69 Å². The quantitative estimate of drug-likeness (QED) is 0.391. The Morgan fingerprint density at radius 2 is 1.93 bits per heavy atom. The molecular formula is C8H9BO5. The number of hydrogen-bond acceptors (Lipinski definition) is 5. The zero-order chi connectivity index (χ0) is 10.4. The maximum Gasteiger partial charge on any atom is 0.673 e. The first-order valence-corrected chi connectivity index (χ1v) is 3.94. The van der Waals surface area contributed by atoms with Crippen molar-refractivity contribution in [3.05, 3.63) is 35.9 Å². The van der Waals surface area contributed by atoms with E-state index in [4.69, 9.17) is 10.0 Å². The van der Waals surface area contributed by atoms with Crippen LogP contribution in [0.4, 0.5) is 0 Å². The van der Waals surface area contributed by atoms with E-state index in [-0.39, 0.29) is 6.42 Å². The summed E-state index contributed by atoms with van der Waals surface area (Å²) in [4.78, 5) is 18.9. The van der Waals surface area contributed by atoms with Crippen molar-refractivity contribution in [2.24, 2.45) is 0 Å². The van der Waals surface area contributed by atoms with Crippen LogP contribution in [0.2, 0.25) is 0 Å². The third-order valence-corrected chi connectivity index (χ3v) is 1.42. The van der Waals surface area contributed by atoms with Crippen molar-refractivity contribution in [1.29, 1.82) is 0 Å². The average molecular weight is 196 g/mol. The van der Waals surface area contributed by atoms with E-state index in [9.17, 15) is 4.79 Å². The molecule has 0 radical (unpaired) electrons. The van der Waals surface area contributed by atoms with Crippen LogP contribution in [-0.2, 0) is 20.9 Å². The van der Waals surface area contributed by atoms with Crippen LogP contribution in [0, 0.1) is 0 Å². The molecule has 0 unspecified atom stereocenters. The van der Waals surface area contributed by atoms with Crippen molar-refractivity contribution >= 4 is 13.3 Å². The van der Waals surface area contributed by atoms with Gasteiger partial charge in [0.05, 0.1) is 6.42 Å². The molecule has 0 saturated carbocycles. The lowest BCUT2D eigenvalue weighted by Crippen LogP contribution is -2.20. The highest BCUT2D eigenvalue weighted by molar-refractivity contribution is 6.32. The molecule has 1 aromatic carbocycles. The second kappa shape index (κ2) is 5.38. The Bertz CT molecular complexity index is 287. The van der Waals surface area contributed by atoms with Gasteiger partial charge in [0.2, 0.25) is 0 Å². The van der Waals surface area contributed by atoms with Crippen molar-refractivity contribution in [3.8, 4) is 0 Å². The molecule has 2 N–H and O–H groups in total. The Balaban J connectivity index is 2.35. The summed E-state index contributed by atoms with van der Waals surface area (Å²) >= 11 is 0. The maximum absolute atomic E-state index is 10.9. The minimum absolute atomic E-state index is 0.0214. The fourth-order valence-corrected chi connectivity index (χ4v) is 0.889. The molecule has 0 bridgehead atoms. The van der Waals surface area contributed by atoms with Crippen molar-refractivity contribution in [3.63, 3.8) is 0 Å². The second-order valence-corrected chi connectivity index (χ2v) is 2.54. The Labute approximate surface area is 81.0 Å². The number of rotatable bonds is 4. The number of hydrogen-bond donors (Lipinski definition) is 2. The van der Waals surface area contributed by atoms with Gasteiger partial charge in [-0.25, -0.2) is 4.79 Å². The van der Waals surface area contributed by atoms with Crippen LogP contribution in [-0.4, -0.2) is 23.3 Å². The van der Waals surface area contributed by atoms with Crippen molar-refractivity contribution in [2.45, 2.75) is 6.42 Å². The topological polar surface area (TPSA) is 76.0 Å². The van der Waals surface area contributed by atoms with Gasteiger partial charge in [0.15, 0.2) is 0 Å². The fraction of sp³-hybridized carbons (Fsp3) is 0.125. The number of benzene rings is 1. The van der Waals surface area contributed by atoms with Crippen LogP contribution >= 0.6 is 0 Å². The largest absolute Gasteiger partial charge is 0.673 e. The molecule has 0 atom stereocenters. The van der Waals surface area contributed by atoms with E-state index in [0.29, 0.717) is 0 Å². The highest BCUT2D eigenvalue weighted by atomic mass is 17.2. The SMILES string of the molecule is O=C(Cc1ccccc1)OOB(O)O. The second-order valence-electron chi connectivity index (χ2n) is 2.54. The Morgan fingerprint density at radius 1 is 1.29 bits per heavy atom. The van der Waals surface area contributed by atoms with Crippen molar-refractivity contribution < 1.29 is 24.5 Å². The highest BCUT2D eigenvalue weighted by Crippen LogP contribution is 2.00. The van der Waals surface area contributed by atoms with Crippen LogP contribution in [0.25, 0.3) is 0 Å². The van der Waals surface area contributed by atoms with Gasteiger partial charge >= 0.3 is 13.3 Å². The molecule has 0 amide bonds. The number of carbonyl (C=O) groups is 1. The van der Waals surface area contributed by atoms with Gasteiger partial charge in [0, 0.05) is 0 Å². The molecule has 0 aliphatic rings. The summed E-state index contributed by atoms with van der Waals surface area (Å²) in [5.74, 6) is -0.690. The Kier molecular flexibility index (Phi) is 4.12. The molecule has 0 aliphatic carbocycles. The molecule has 1 aromatic rings. The first kappa shape index (κ1) is 10.7. The molecule has 74 valence electrons. The van der Waals surface area contributed by atoms with E-state index in [1.54, 1.807) is 24.3 Å². The molecule has 1 rings (SSSR count). The molecule has 14 heavy (non-hydrogen) atoms. The summed E-state index contributed by atoms with van der Waals surface area (Å²) < 4.78 is 0. The predicted octanol–water partition coefficient (Wildman–Crippen LogP) is -0.327. The van der Waals surface area contributed by atoms with Gasteiger partial charge < -0.3 is 14.9 Å². The van der Waals surface area contributed by atoms with E-state index in [1.165, 1.54) is 0 Å². The van der Waals surface area contributed by atoms with Gasteiger partial charge in [0.1, 0.15) is 0 Å². The molecule has 5 nitrogen and oxygen atoms in total. The Hall–Kier alpha value is -1.37. The van der Waals surface area contributed by atoms with Crippen molar-refractivity contribution in [2.75, 3.05) is 0 Å². The molecule has 0 fully saturated rings. The molecular weight excluding hydrogens is 187 g/mol. The maximum atomic E-state index is 10.9. The molecule has 0 spiro atoms. The predicted molar refractivity (Wildman–Crippen MR) is 47.5 cm³/mol. The average Bonchev–Trinajstić information content (AvgIpc) is 2.16. The minimum atomic E-state index is -2.10. The smallest absolute Gasteiger partial charge is 0.400 e. The zero-order valence-corrected chi connectivity index (χ0v) is 7.29. The number of carbonyl (C=O) groups excluding carboxylic acids is 1. The van der Waals surface area contributed by atoms with E-state index < -0.39 is 13.3 Å². The van der Waals surface area contributed by atoms with E-state index in [1.807, 2.05) is 6.07 Å². The lowest BCUT2D eigenvalue weighted by molar-refractivity contribution is -0.229. The van der Waals surface area contributed by atoms with E-state index in [0.717, 1.165) is 5.56 Å². The summed E-state index contributed by atoms with van der Waals surface area (Å²) in [5.41, 5.74) is 0.758. The van der Waals surface area contributed by atoms with Crippen LogP contribution in [0.3, 0.4) is 0 Å². The van der Waals surface area contributed by atoms with Gasteiger partial charge in [-0.15, -0.1) is 0 Å². The normalized spacial score (nSPS) is 9.57. The highest BCUT2D eigenvalue weighted by Gasteiger charge is 2.14. The van der Waals surface area contributed by atoms with Gasteiger partial charge in [-0.05, 0) is 5.56 Å². The summed E-state index contributed by atoms with van der Waals surface area (Å²) in [6.45, 7) is 0. The summed E-state index contributed by atoms with van der Waals surface area (Å²) in [6.07, 6.45) is 0.0214. The van der Waals surface area contributed by atoms with Crippen LogP contribution in [0.5, 0.6) is 0 Å². The summed E-state index contributed by atoms with van der Waals surface area (Å²) in [7, 11) is -2.10. The molecule has 0 aliphatic heterocycles. The van der Waals surface area contributed by atoms with E-state index >= 15 is 0 Å². The third kappa shape index (κ3) is 4.04. The van der Waals surface area contributed by atoms with Crippen LogP contribution < -0.4 is 0 Å². The third-order valence-electron chi connectivity index (χ3n) is 1.42. The monoisotopic (exact) mass is 196 g/mol. The first-order chi connectivity index (χ1) is 6.68. The van der Waals surface area contributed by atoms with Gasteiger partial charge in [-0.3, -0.25) is 0 Å². The van der Waals surface area contributed by atoms with Crippen molar-refractivity contribution in [1.82, 2.24) is 0 Å². The molecule has 0 aromatic heterocycles. The minimum Gasteiger partial charge on any atom is -0.400 e. The fourth-order valence-electron chi connectivity index (χ4n) is 0.889. The Morgan fingerprint density at radius 3 is 2.50 bits per heavy atom. The molecule has 0 saturated heterocycles. The first-order valence-electron chi connectivity index (χ1n) is 3.94. The lowest BCUT2D eigenvalue weighted by Gasteiger charge is -2.01. The van der Waals surface area contributed by atoms with Crippen LogP contribution in [0.15, 0.2) is 30.3 Å². The summed E-state index contributed by atoms with van der Waals surface area (Å²) in [5, 5.41) is 16.4. The lowest BCUT2D eigenvalue weighted by atomic mass is 10.2. The standard InChI is InChI=1S/C8H9BO5/c10-8(13-14-9(11)12)6-7-4-2-1-3-5-7/h1-5,11-12H,6H2. The molecule has 6 heteroatoms. The van der Waals surface area contributed by atoms with Crippen LogP contribution in [0.1, 0.15) is 5.56 Å². The zero-order valence-electron chi connectivity index (χ0n) is 7.29. The van der Waals surface area contributed by atoms with Gasteiger partial charge in [-0.1, -0.05) is 30.3 Å². The van der Waals surface area contributed by atoms with Gasteiger partial charge in [0.25, 0.3) is 0 Å². The summed E-state index contributed by atoms with van der Waals surface area (Å²) in [6, 6.07) is 8.88.